The fourth-order valence-electron chi connectivity index (χ4n) is 3.12. The number of hydrogen-bond acceptors (Lipinski definition) is 4. The fraction of sp³-hybridized carbons (Fsp3) is 0.350. The predicted octanol–water partition coefficient (Wildman–Crippen LogP) is 3.34. The van der Waals surface area contributed by atoms with Crippen LogP contribution in [0.2, 0.25) is 0 Å². The predicted molar refractivity (Wildman–Crippen MR) is 99.2 cm³/mol. The van der Waals surface area contributed by atoms with Crippen molar-refractivity contribution in [2.75, 3.05) is 0 Å². The van der Waals surface area contributed by atoms with Crippen molar-refractivity contribution in [3.05, 3.63) is 64.3 Å². The normalized spacial score (nSPS) is 10.9. The van der Waals surface area contributed by atoms with Crippen LogP contribution >= 0.6 is 0 Å². The number of amides is 1. The Morgan fingerprint density at radius 3 is 2.46 bits per heavy atom. The number of para-hydroxylation sites is 1. The Bertz CT molecular complexity index is 890. The lowest BCUT2D eigenvalue weighted by molar-refractivity contribution is -0.121. The molecule has 0 aliphatic rings. The first-order chi connectivity index (χ1) is 12.5. The summed E-state index contributed by atoms with van der Waals surface area (Å²) in [6.07, 6.45) is 1.04. The number of nitrogens with one attached hydrogen (secondary N) is 1. The lowest BCUT2D eigenvalue weighted by atomic mass is 10.1. The molecule has 136 valence electrons. The first kappa shape index (κ1) is 17.9. The molecular weight excluding hydrogens is 328 g/mol. The maximum Gasteiger partial charge on any atom is 0.220 e. The van der Waals surface area contributed by atoms with Crippen LogP contribution in [0.25, 0.3) is 5.69 Å². The van der Waals surface area contributed by atoms with Crippen LogP contribution in [0.15, 0.2) is 34.9 Å². The Labute approximate surface area is 153 Å². The van der Waals surface area contributed by atoms with Crippen LogP contribution in [0.4, 0.5) is 0 Å². The van der Waals surface area contributed by atoms with E-state index in [2.05, 4.69) is 15.6 Å². The summed E-state index contributed by atoms with van der Waals surface area (Å²) in [5, 5.41) is 11.5. The minimum Gasteiger partial charge on any atom is -0.361 e. The largest absolute Gasteiger partial charge is 0.361 e. The highest BCUT2D eigenvalue weighted by molar-refractivity contribution is 5.76. The van der Waals surface area contributed by atoms with Crippen molar-refractivity contribution in [1.29, 1.82) is 0 Å². The molecule has 3 aromatic rings. The lowest BCUT2D eigenvalue weighted by Crippen LogP contribution is -2.23. The first-order valence-corrected chi connectivity index (χ1v) is 8.76. The zero-order valence-electron chi connectivity index (χ0n) is 15.7. The second-order valence-corrected chi connectivity index (χ2v) is 6.48. The van der Waals surface area contributed by atoms with Crippen LogP contribution in [-0.2, 0) is 17.8 Å². The molecule has 0 unspecified atom stereocenters. The average Bonchev–Trinajstić information content (AvgIpc) is 3.11. The number of benzene rings is 1. The van der Waals surface area contributed by atoms with E-state index in [0.29, 0.717) is 19.4 Å². The molecule has 2 aromatic heterocycles. The third-order valence-corrected chi connectivity index (χ3v) is 4.69. The Balaban J connectivity index is 1.63. The van der Waals surface area contributed by atoms with Crippen molar-refractivity contribution in [1.82, 2.24) is 20.3 Å². The van der Waals surface area contributed by atoms with Gasteiger partial charge < -0.3 is 9.84 Å². The van der Waals surface area contributed by atoms with Gasteiger partial charge in [-0.3, -0.25) is 4.79 Å². The van der Waals surface area contributed by atoms with Crippen molar-refractivity contribution in [3.63, 3.8) is 0 Å². The molecule has 1 amide bonds. The summed E-state index contributed by atoms with van der Waals surface area (Å²) in [6.45, 7) is 8.24. The number of carbonyl (C=O) groups is 1. The maximum absolute atomic E-state index is 12.2. The molecule has 3 rings (SSSR count). The van der Waals surface area contributed by atoms with Crippen LogP contribution in [0.1, 0.15) is 40.4 Å². The molecule has 0 bridgehead atoms. The number of rotatable bonds is 6. The minimum absolute atomic E-state index is 0.0104. The summed E-state index contributed by atoms with van der Waals surface area (Å²) in [7, 11) is 0. The Kier molecular flexibility index (Phi) is 5.21. The first-order valence-electron chi connectivity index (χ1n) is 8.76. The van der Waals surface area contributed by atoms with Crippen molar-refractivity contribution in [3.8, 4) is 5.69 Å². The quantitative estimate of drug-likeness (QED) is 0.738. The van der Waals surface area contributed by atoms with E-state index in [9.17, 15) is 4.79 Å². The summed E-state index contributed by atoms with van der Waals surface area (Å²) in [5.41, 5.74) is 5.91. The average molecular weight is 352 g/mol. The molecule has 0 atom stereocenters. The zero-order valence-corrected chi connectivity index (χ0v) is 15.7. The van der Waals surface area contributed by atoms with E-state index in [4.69, 9.17) is 4.52 Å². The second kappa shape index (κ2) is 7.56. The SMILES string of the molecule is Cc1noc(C)c1CCC(=O)NCc1c(C)nn(-c2ccccc2)c1C. The maximum atomic E-state index is 12.2. The highest BCUT2D eigenvalue weighted by Crippen LogP contribution is 2.18. The molecule has 0 radical (unpaired) electrons. The number of nitrogens with zero attached hydrogens (tertiary/aromatic N) is 3. The molecule has 6 nitrogen and oxygen atoms in total. The fourth-order valence-corrected chi connectivity index (χ4v) is 3.12. The molecule has 0 saturated heterocycles. The van der Waals surface area contributed by atoms with Crippen LogP contribution < -0.4 is 5.32 Å². The van der Waals surface area contributed by atoms with Gasteiger partial charge in [-0.25, -0.2) is 4.68 Å². The van der Waals surface area contributed by atoms with E-state index >= 15 is 0 Å². The van der Waals surface area contributed by atoms with Gasteiger partial charge in [0, 0.05) is 29.8 Å². The lowest BCUT2D eigenvalue weighted by Gasteiger charge is -2.07. The molecule has 0 aliphatic heterocycles. The van der Waals surface area contributed by atoms with Crippen LogP contribution in [-0.4, -0.2) is 20.8 Å². The molecule has 26 heavy (non-hydrogen) atoms. The van der Waals surface area contributed by atoms with Gasteiger partial charge in [0.25, 0.3) is 0 Å². The van der Waals surface area contributed by atoms with Gasteiger partial charge in [0.1, 0.15) is 5.76 Å². The molecule has 0 fully saturated rings. The molecule has 0 saturated carbocycles. The standard InChI is InChI=1S/C20H24N4O2/c1-13-19(15(3)24(22-13)17-8-6-5-7-9-17)12-21-20(25)11-10-18-14(2)23-26-16(18)4/h5-9H,10-12H2,1-4H3,(H,21,25). The number of carbonyl (C=O) groups excluding carboxylic acids is 1. The molecule has 6 heteroatoms. The summed E-state index contributed by atoms with van der Waals surface area (Å²) < 4.78 is 7.06. The van der Waals surface area contributed by atoms with E-state index in [-0.39, 0.29) is 5.91 Å². The summed E-state index contributed by atoms with van der Waals surface area (Å²) in [6, 6.07) is 10.00. The zero-order chi connectivity index (χ0) is 18.7. The van der Waals surface area contributed by atoms with Gasteiger partial charge in [-0.2, -0.15) is 5.10 Å². The summed E-state index contributed by atoms with van der Waals surface area (Å²) >= 11 is 0. The summed E-state index contributed by atoms with van der Waals surface area (Å²) in [4.78, 5) is 12.2. The number of aryl methyl sites for hydroxylation is 3. The van der Waals surface area contributed by atoms with Gasteiger partial charge >= 0.3 is 0 Å². The van der Waals surface area contributed by atoms with E-state index in [0.717, 1.165) is 39.7 Å². The third kappa shape index (κ3) is 3.69. The topological polar surface area (TPSA) is 73.0 Å². The van der Waals surface area contributed by atoms with Gasteiger partial charge in [0.15, 0.2) is 0 Å². The molecule has 0 aliphatic carbocycles. The summed E-state index contributed by atoms with van der Waals surface area (Å²) in [5.74, 6) is 0.794. The molecular formula is C20H24N4O2. The van der Waals surface area contributed by atoms with Gasteiger partial charge in [0.2, 0.25) is 5.91 Å². The minimum atomic E-state index is 0.0104. The molecule has 2 heterocycles. The van der Waals surface area contributed by atoms with E-state index < -0.39 is 0 Å². The van der Waals surface area contributed by atoms with Crippen molar-refractivity contribution >= 4 is 5.91 Å². The number of hydrogen-bond donors (Lipinski definition) is 1. The van der Waals surface area contributed by atoms with Gasteiger partial charge in [0.05, 0.1) is 17.1 Å². The van der Waals surface area contributed by atoms with Crippen molar-refractivity contribution in [2.24, 2.45) is 0 Å². The third-order valence-electron chi connectivity index (χ3n) is 4.69. The van der Waals surface area contributed by atoms with Gasteiger partial charge in [-0.15, -0.1) is 0 Å². The highest BCUT2D eigenvalue weighted by atomic mass is 16.5. The van der Waals surface area contributed by atoms with E-state index in [1.54, 1.807) is 0 Å². The second-order valence-electron chi connectivity index (χ2n) is 6.48. The Morgan fingerprint density at radius 1 is 1.08 bits per heavy atom. The highest BCUT2D eigenvalue weighted by Gasteiger charge is 2.15. The Morgan fingerprint density at radius 2 is 1.81 bits per heavy atom. The van der Waals surface area contributed by atoms with Gasteiger partial charge in [-0.05, 0) is 46.2 Å². The molecule has 1 N–H and O–H groups in total. The van der Waals surface area contributed by atoms with Crippen molar-refractivity contribution in [2.45, 2.75) is 47.1 Å². The smallest absolute Gasteiger partial charge is 0.220 e. The van der Waals surface area contributed by atoms with Crippen LogP contribution in [0, 0.1) is 27.7 Å². The molecule has 0 spiro atoms. The monoisotopic (exact) mass is 352 g/mol. The Hall–Kier alpha value is -2.89. The van der Waals surface area contributed by atoms with Crippen molar-refractivity contribution < 1.29 is 9.32 Å². The van der Waals surface area contributed by atoms with Gasteiger partial charge in [-0.1, -0.05) is 23.4 Å². The van der Waals surface area contributed by atoms with E-state index in [1.807, 2.05) is 62.7 Å². The van der Waals surface area contributed by atoms with Crippen LogP contribution in [0.3, 0.4) is 0 Å². The molecule has 1 aromatic carbocycles. The van der Waals surface area contributed by atoms with Crippen LogP contribution in [0.5, 0.6) is 0 Å². The van der Waals surface area contributed by atoms with E-state index in [1.165, 1.54) is 0 Å². The number of aromatic nitrogens is 3.